The van der Waals surface area contributed by atoms with Crippen LogP contribution < -0.4 is 0 Å². The number of allylic oxidation sites excluding steroid dienone is 10. The van der Waals surface area contributed by atoms with E-state index < -0.39 is 18.4 Å². The van der Waals surface area contributed by atoms with Gasteiger partial charge in [-0.15, -0.1) is 0 Å². The summed E-state index contributed by atoms with van der Waals surface area (Å²) in [5.74, 6) is -1.97. The summed E-state index contributed by atoms with van der Waals surface area (Å²) < 4.78 is 23.1. The van der Waals surface area contributed by atoms with Crippen molar-refractivity contribution in [2.45, 2.75) is 399 Å². The van der Waals surface area contributed by atoms with E-state index >= 15 is 0 Å². The molecule has 0 aliphatic heterocycles. The minimum Gasteiger partial charge on any atom is -0.477 e. The largest absolute Gasteiger partial charge is 0.477 e. The zero-order valence-corrected chi connectivity index (χ0v) is 61.0. The molecule has 0 aromatic carbocycles. The minimum atomic E-state index is -1.51. The van der Waals surface area contributed by atoms with Crippen molar-refractivity contribution < 1.29 is 42.9 Å². The smallest absolute Gasteiger partial charge is 0.361 e. The van der Waals surface area contributed by atoms with Crippen molar-refractivity contribution in [2.24, 2.45) is 0 Å². The van der Waals surface area contributed by atoms with E-state index in [9.17, 15) is 19.5 Å². The second-order valence-corrected chi connectivity index (χ2v) is 28.0. The number of aliphatic carboxylic acids is 1. The molecule has 0 saturated carbocycles. The van der Waals surface area contributed by atoms with E-state index in [1.54, 1.807) is 0 Å². The Morgan fingerprint density at radius 2 is 0.626 bits per heavy atom. The molecule has 532 valence electrons. The summed E-state index contributed by atoms with van der Waals surface area (Å²) >= 11 is 0. The maximum absolute atomic E-state index is 13.0. The number of nitrogens with zero attached hydrogens (tertiary/aromatic N) is 1. The molecule has 0 bridgehead atoms. The Bertz CT molecular complexity index is 1680. The first kappa shape index (κ1) is 88.0. The third-order valence-electron chi connectivity index (χ3n) is 17.8. The van der Waals surface area contributed by atoms with Crippen molar-refractivity contribution >= 4 is 17.9 Å². The van der Waals surface area contributed by atoms with Crippen LogP contribution in [-0.4, -0.2) is 87.4 Å². The molecule has 0 spiro atoms. The summed E-state index contributed by atoms with van der Waals surface area (Å²) in [7, 11) is 6.00. The van der Waals surface area contributed by atoms with Crippen molar-refractivity contribution in [3.63, 3.8) is 0 Å². The molecule has 0 radical (unpaired) electrons. The van der Waals surface area contributed by atoms with Gasteiger partial charge in [0.1, 0.15) is 13.2 Å². The molecule has 9 nitrogen and oxygen atoms in total. The third-order valence-corrected chi connectivity index (χ3v) is 17.8. The number of carbonyl (C=O) groups excluding carboxylic acids is 2. The number of rotatable bonds is 74. The van der Waals surface area contributed by atoms with Gasteiger partial charge in [0.15, 0.2) is 6.10 Å². The first-order valence-corrected chi connectivity index (χ1v) is 39.5. The van der Waals surface area contributed by atoms with Crippen LogP contribution >= 0.6 is 0 Å². The number of esters is 2. The summed E-state index contributed by atoms with van der Waals surface area (Å²) in [5.41, 5.74) is 0. The molecule has 0 saturated heterocycles. The van der Waals surface area contributed by atoms with Crippen LogP contribution in [-0.2, 0) is 33.3 Å². The van der Waals surface area contributed by atoms with Crippen LogP contribution in [0.15, 0.2) is 60.8 Å². The van der Waals surface area contributed by atoms with Gasteiger partial charge in [0.25, 0.3) is 6.29 Å². The molecule has 0 aliphatic rings. The summed E-state index contributed by atoms with van der Waals surface area (Å²) in [5, 5.41) is 9.77. The molecule has 0 aromatic heterocycles. The Hall–Kier alpha value is -3.01. The monoisotopic (exact) mass is 1280 g/mol. The van der Waals surface area contributed by atoms with E-state index in [1.807, 2.05) is 21.1 Å². The molecule has 2 unspecified atom stereocenters. The van der Waals surface area contributed by atoms with Gasteiger partial charge in [-0.1, -0.05) is 376 Å². The van der Waals surface area contributed by atoms with Crippen molar-refractivity contribution in [2.75, 3.05) is 47.5 Å². The number of carbonyl (C=O) groups is 3. The number of hydrogen-bond acceptors (Lipinski definition) is 7. The Morgan fingerprint density at radius 3 is 0.934 bits per heavy atom. The van der Waals surface area contributed by atoms with Crippen molar-refractivity contribution in [3.8, 4) is 0 Å². The number of unbranched alkanes of at least 4 members (excludes halogenated alkanes) is 49. The number of ether oxygens (including phenoxy) is 4. The normalized spacial score (nSPS) is 12.9. The quantitative estimate of drug-likeness (QED) is 0.0211. The maximum Gasteiger partial charge on any atom is 0.361 e. The van der Waals surface area contributed by atoms with Crippen LogP contribution in [0.25, 0.3) is 0 Å². The standard InChI is InChI=1S/C82H151NO8/c1-6-8-10-12-14-16-18-20-22-24-26-28-30-32-34-36-37-38-39-40-41-42-43-45-47-49-51-53-55-57-59-61-63-65-67-69-71-73-80(85)91-78(77-90-82(81(86)87)88-75-74-83(3,4)5)76-89-79(84)72-70-68-66-64-62-60-58-56-54-52-50-48-46-44-35-33-31-29-27-25-23-21-19-17-15-13-11-9-7-2/h8,10,14,16,20,22,26,28,32,34,78,82H,6-7,9,11-13,15,17-19,21,23-25,27,29-31,33,35-77H2,1-5H3/p+1/b10-8-,16-14-,22-20-,28-26-,34-32-. The number of likely N-dealkylation sites (N-methyl/N-ethyl adjacent to an activating group) is 1. The number of carboxylic acids is 1. The van der Waals surface area contributed by atoms with Gasteiger partial charge in [-0.3, -0.25) is 9.59 Å². The molecular formula is C82H152NO8+. The van der Waals surface area contributed by atoms with Gasteiger partial charge in [0.05, 0.1) is 34.4 Å². The first-order valence-electron chi connectivity index (χ1n) is 39.5. The van der Waals surface area contributed by atoms with E-state index in [-0.39, 0.29) is 38.2 Å². The lowest BCUT2D eigenvalue weighted by Crippen LogP contribution is -2.40. The van der Waals surface area contributed by atoms with Crippen LogP contribution in [0.5, 0.6) is 0 Å². The summed E-state index contributed by atoms with van der Waals surface area (Å²) in [6, 6.07) is 0. The summed E-state index contributed by atoms with van der Waals surface area (Å²) in [4.78, 5) is 37.7. The summed E-state index contributed by atoms with van der Waals surface area (Å²) in [6.07, 6.45) is 93.8. The second-order valence-electron chi connectivity index (χ2n) is 28.0. The topological polar surface area (TPSA) is 108 Å². The van der Waals surface area contributed by atoms with Gasteiger partial charge in [-0.25, -0.2) is 4.79 Å². The average molecular weight is 1280 g/mol. The van der Waals surface area contributed by atoms with Crippen LogP contribution in [0.1, 0.15) is 386 Å². The molecule has 0 amide bonds. The molecule has 0 aliphatic carbocycles. The molecule has 0 heterocycles. The van der Waals surface area contributed by atoms with Crippen molar-refractivity contribution in [3.05, 3.63) is 60.8 Å². The Balaban J connectivity index is 3.98. The van der Waals surface area contributed by atoms with Gasteiger partial charge in [-0.2, -0.15) is 0 Å². The van der Waals surface area contributed by atoms with E-state index in [1.165, 1.54) is 289 Å². The average Bonchev–Trinajstić information content (AvgIpc) is 3.50. The molecular weight excluding hydrogens is 1130 g/mol. The Kier molecular flexibility index (Phi) is 70.4. The van der Waals surface area contributed by atoms with Gasteiger partial charge >= 0.3 is 17.9 Å². The number of carboxylic acid groups (broad SMARTS) is 1. The third kappa shape index (κ3) is 74.3. The second kappa shape index (κ2) is 72.8. The highest BCUT2D eigenvalue weighted by Crippen LogP contribution is 2.20. The number of hydrogen-bond donors (Lipinski definition) is 1. The lowest BCUT2D eigenvalue weighted by molar-refractivity contribution is -0.870. The molecule has 9 heteroatoms. The highest BCUT2D eigenvalue weighted by molar-refractivity contribution is 5.71. The molecule has 0 aromatic rings. The summed E-state index contributed by atoms with van der Waals surface area (Å²) in [6.45, 7) is 4.84. The Morgan fingerprint density at radius 1 is 0.341 bits per heavy atom. The molecule has 2 atom stereocenters. The lowest BCUT2D eigenvalue weighted by atomic mass is 10.0. The highest BCUT2D eigenvalue weighted by atomic mass is 16.7. The number of quaternary nitrogens is 1. The van der Waals surface area contributed by atoms with E-state index in [0.717, 1.165) is 70.6 Å². The fourth-order valence-corrected chi connectivity index (χ4v) is 11.8. The first-order chi connectivity index (χ1) is 44.6. The fourth-order valence-electron chi connectivity index (χ4n) is 11.8. The van der Waals surface area contributed by atoms with Gasteiger partial charge < -0.3 is 28.5 Å². The molecule has 1 N–H and O–H groups in total. The molecule has 91 heavy (non-hydrogen) atoms. The van der Waals surface area contributed by atoms with Crippen LogP contribution in [0.3, 0.4) is 0 Å². The van der Waals surface area contributed by atoms with E-state index in [4.69, 9.17) is 18.9 Å². The zero-order valence-electron chi connectivity index (χ0n) is 61.0. The lowest BCUT2D eigenvalue weighted by Gasteiger charge is -2.25. The molecule has 0 fully saturated rings. The van der Waals surface area contributed by atoms with Gasteiger partial charge in [0, 0.05) is 12.8 Å². The highest BCUT2D eigenvalue weighted by Gasteiger charge is 2.25. The Labute approximate surface area is 565 Å². The minimum absolute atomic E-state index is 0.176. The van der Waals surface area contributed by atoms with E-state index in [2.05, 4.69) is 74.6 Å². The van der Waals surface area contributed by atoms with E-state index in [0.29, 0.717) is 17.4 Å². The predicted octanol–water partition coefficient (Wildman–Crippen LogP) is 25.0. The fraction of sp³-hybridized carbons (Fsp3) is 0.841. The predicted molar refractivity (Wildman–Crippen MR) is 392 cm³/mol. The molecule has 0 rings (SSSR count). The van der Waals surface area contributed by atoms with Crippen LogP contribution in [0.2, 0.25) is 0 Å². The van der Waals surface area contributed by atoms with Gasteiger partial charge in [0.2, 0.25) is 0 Å². The SMILES string of the molecule is CC/C=C\C/C=C\C/C=C\C/C=C\C/C=C\CCCCCCCCCCCCCCCCCCCCCCCC(=O)OC(COC(=O)CCCCCCCCCCCCCCCCCCCCCCCCCCCCCCC)COC(OCC[N+](C)(C)C)C(=O)O. The van der Waals surface area contributed by atoms with Crippen LogP contribution in [0, 0.1) is 0 Å². The van der Waals surface area contributed by atoms with Gasteiger partial charge in [-0.05, 0) is 57.8 Å². The van der Waals surface area contributed by atoms with Crippen molar-refractivity contribution in [1.82, 2.24) is 0 Å². The zero-order chi connectivity index (χ0) is 66.1. The maximum atomic E-state index is 13.0. The van der Waals surface area contributed by atoms with Crippen molar-refractivity contribution in [1.29, 1.82) is 0 Å². The van der Waals surface area contributed by atoms with Crippen LogP contribution in [0.4, 0.5) is 0 Å².